The van der Waals surface area contributed by atoms with Crippen LogP contribution in [0.2, 0.25) is 0 Å². The molecule has 8 heteroatoms. The third-order valence-electron chi connectivity index (χ3n) is 2.73. The van der Waals surface area contributed by atoms with E-state index in [1.54, 1.807) is 6.92 Å². The zero-order valence-electron chi connectivity index (χ0n) is 11.9. The maximum atomic E-state index is 11.0. The number of rotatable bonds is 7. The third-order valence-corrected chi connectivity index (χ3v) is 2.73. The van der Waals surface area contributed by atoms with E-state index in [0.717, 1.165) is 13.0 Å². The van der Waals surface area contributed by atoms with Crippen LogP contribution < -0.4 is 10.6 Å². The van der Waals surface area contributed by atoms with Crippen LogP contribution in [0.15, 0.2) is 22.7 Å². The summed E-state index contributed by atoms with van der Waals surface area (Å²) in [5, 5.41) is 20.9. The molecule has 0 fully saturated rings. The van der Waals surface area contributed by atoms with Gasteiger partial charge in [0.05, 0.1) is 11.5 Å². The van der Waals surface area contributed by atoms with Crippen molar-refractivity contribution < 1.29 is 9.45 Å². The zero-order chi connectivity index (χ0) is 15.2. The highest BCUT2D eigenvalue weighted by molar-refractivity contribution is 5.63. The largest absolute Gasteiger partial charge is 0.385 e. The first-order valence-electron chi connectivity index (χ1n) is 6.65. The predicted molar refractivity (Wildman–Crippen MR) is 78.2 cm³/mol. The summed E-state index contributed by atoms with van der Waals surface area (Å²) in [5.74, 6) is 0.984. The van der Waals surface area contributed by atoms with Gasteiger partial charge in [0.15, 0.2) is 5.82 Å². The highest BCUT2D eigenvalue weighted by Gasteiger charge is 2.10. The summed E-state index contributed by atoms with van der Waals surface area (Å²) in [6, 6.07) is 4.80. The molecule has 112 valence electrons. The summed E-state index contributed by atoms with van der Waals surface area (Å²) in [6.07, 6.45) is 0.938. The van der Waals surface area contributed by atoms with Crippen LogP contribution in [0.3, 0.4) is 0 Å². The van der Waals surface area contributed by atoms with Crippen LogP contribution in [-0.4, -0.2) is 21.6 Å². The molecule has 1 aromatic carbocycles. The molecule has 2 aromatic rings. The first kappa shape index (κ1) is 14.8. The second-order valence-electron chi connectivity index (χ2n) is 4.54. The van der Waals surface area contributed by atoms with Crippen molar-refractivity contribution >= 4 is 17.1 Å². The van der Waals surface area contributed by atoms with Crippen LogP contribution in [0.25, 0.3) is 0 Å². The monoisotopic (exact) mass is 291 g/mol. The number of nitrogens with zero attached hydrogens (tertiary/aromatic N) is 3. The minimum Gasteiger partial charge on any atom is -0.385 e. The first-order chi connectivity index (χ1) is 10.1. The second-order valence-corrected chi connectivity index (χ2v) is 4.54. The predicted octanol–water partition coefficient (Wildman–Crippen LogP) is 2.72. The third kappa shape index (κ3) is 4.16. The summed E-state index contributed by atoms with van der Waals surface area (Å²) in [7, 11) is 0. The lowest BCUT2D eigenvalue weighted by atomic mass is 10.2. The molecule has 0 radical (unpaired) electrons. The van der Waals surface area contributed by atoms with Crippen LogP contribution in [0.4, 0.5) is 17.1 Å². The normalized spacial score (nSPS) is 10.4. The van der Waals surface area contributed by atoms with E-state index in [9.17, 15) is 10.1 Å². The number of aromatic nitrogens is 2. The Balaban J connectivity index is 2.12. The van der Waals surface area contributed by atoms with Crippen LogP contribution in [0.5, 0.6) is 0 Å². The van der Waals surface area contributed by atoms with Crippen LogP contribution in [0, 0.1) is 17.0 Å². The fraction of sp³-hybridized carbons (Fsp3) is 0.385. The van der Waals surface area contributed by atoms with Crippen molar-refractivity contribution in [2.75, 3.05) is 17.2 Å². The van der Waals surface area contributed by atoms with Gasteiger partial charge in [-0.25, -0.2) is 0 Å². The van der Waals surface area contributed by atoms with E-state index in [1.165, 1.54) is 12.1 Å². The van der Waals surface area contributed by atoms with Gasteiger partial charge in [0.2, 0.25) is 5.89 Å². The lowest BCUT2D eigenvalue weighted by Crippen LogP contribution is -2.04. The smallest absolute Gasteiger partial charge is 0.273 e. The minimum absolute atomic E-state index is 0.0305. The fourth-order valence-corrected chi connectivity index (χ4v) is 1.78. The molecule has 0 spiro atoms. The number of benzene rings is 1. The summed E-state index contributed by atoms with van der Waals surface area (Å²) >= 11 is 0. The highest BCUT2D eigenvalue weighted by Crippen LogP contribution is 2.24. The Hall–Kier alpha value is -2.64. The van der Waals surface area contributed by atoms with Crippen molar-refractivity contribution in [3.63, 3.8) is 0 Å². The molecule has 0 atom stereocenters. The van der Waals surface area contributed by atoms with Crippen molar-refractivity contribution in [1.29, 1.82) is 0 Å². The Morgan fingerprint density at radius 1 is 1.29 bits per heavy atom. The topological polar surface area (TPSA) is 106 Å². The molecule has 8 nitrogen and oxygen atoms in total. The van der Waals surface area contributed by atoms with E-state index < -0.39 is 4.92 Å². The maximum Gasteiger partial charge on any atom is 0.273 e. The lowest BCUT2D eigenvalue weighted by molar-refractivity contribution is -0.384. The molecule has 2 N–H and O–H groups in total. The average molecular weight is 291 g/mol. The second kappa shape index (κ2) is 6.69. The average Bonchev–Trinajstić information content (AvgIpc) is 2.88. The van der Waals surface area contributed by atoms with Gasteiger partial charge in [-0.3, -0.25) is 10.1 Å². The molecule has 0 saturated carbocycles. The number of hydrogen-bond donors (Lipinski definition) is 2. The van der Waals surface area contributed by atoms with Gasteiger partial charge < -0.3 is 15.2 Å². The Kier molecular flexibility index (Phi) is 4.70. The van der Waals surface area contributed by atoms with Crippen molar-refractivity contribution in [2.24, 2.45) is 0 Å². The summed E-state index contributed by atoms with van der Waals surface area (Å²) in [5.41, 5.74) is 1.37. The van der Waals surface area contributed by atoms with Crippen LogP contribution in [0.1, 0.15) is 25.1 Å². The van der Waals surface area contributed by atoms with E-state index >= 15 is 0 Å². The van der Waals surface area contributed by atoms with Gasteiger partial charge in [0.1, 0.15) is 0 Å². The summed E-state index contributed by atoms with van der Waals surface area (Å²) in [4.78, 5) is 14.6. The quantitative estimate of drug-likeness (QED) is 0.596. The molecule has 0 aliphatic heterocycles. The van der Waals surface area contributed by atoms with Crippen LogP contribution in [-0.2, 0) is 6.54 Å². The molecule has 0 unspecified atom stereocenters. The van der Waals surface area contributed by atoms with E-state index in [-0.39, 0.29) is 5.69 Å². The number of non-ortho nitro benzene ring substituents is 1. The number of nitro benzene ring substituents is 1. The molecule has 0 aliphatic carbocycles. The Labute approximate surface area is 121 Å². The molecular weight excluding hydrogens is 274 g/mol. The zero-order valence-corrected chi connectivity index (χ0v) is 11.9. The summed E-state index contributed by atoms with van der Waals surface area (Å²) < 4.78 is 4.87. The molecular formula is C13H17N5O3. The minimum atomic E-state index is -0.416. The molecule has 21 heavy (non-hydrogen) atoms. The fourth-order valence-electron chi connectivity index (χ4n) is 1.78. The molecule has 0 aliphatic rings. The van der Waals surface area contributed by atoms with E-state index in [1.807, 2.05) is 13.0 Å². The molecule has 0 saturated heterocycles. The molecule has 2 rings (SSSR count). The van der Waals surface area contributed by atoms with Gasteiger partial charge in [0.25, 0.3) is 5.69 Å². The van der Waals surface area contributed by atoms with Crippen molar-refractivity contribution in [3.8, 4) is 0 Å². The van der Waals surface area contributed by atoms with Gasteiger partial charge in [-0.2, -0.15) is 4.98 Å². The Morgan fingerprint density at radius 2 is 2.00 bits per heavy atom. The SMILES string of the molecule is CCCNc1cc(NCc2noc(C)n2)cc([N+](=O)[O-])c1. The van der Waals surface area contributed by atoms with E-state index in [0.29, 0.717) is 29.6 Å². The van der Waals surface area contributed by atoms with Crippen molar-refractivity contribution in [2.45, 2.75) is 26.8 Å². The molecule has 0 bridgehead atoms. The maximum absolute atomic E-state index is 11.0. The van der Waals surface area contributed by atoms with Gasteiger partial charge in [-0.15, -0.1) is 0 Å². The van der Waals surface area contributed by atoms with E-state index in [4.69, 9.17) is 4.52 Å². The Bertz CT molecular complexity index is 626. The number of hydrogen-bond acceptors (Lipinski definition) is 7. The van der Waals surface area contributed by atoms with Gasteiger partial charge >= 0.3 is 0 Å². The number of nitrogens with one attached hydrogen (secondary N) is 2. The van der Waals surface area contributed by atoms with Gasteiger partial charge in [-0.1, -0.05) is 12.1 Å². The number of aryl methyl sites for hydroxylation is 1. The highest BCUT2D eigenvalue weighted by atomic mass is 16.6. The van der Waals surface area contributed by atoms with Crippen molar-refractivity contribution in [3.05, 3.63) is 40.0 Å². The Morgan fingerprint density at radius 3 is 2.57 bits per heavy atom. The van der Waals surface area contributed by atoms with E-state index in [2.05, 4.69) is 20.8 Å². The molecule has 0 amide bonds. The molecule has 1 aromatic heterocycles. The first-order valence-corrected chi connectivity index (χ1v) is 6.65. The summed E-state index contributed by atoms with van der Waals surface area (Å²) in [6.45, 7) is 4.83. The standard InChI is InChI=1S/C13H17N5O3/c1-3-4-14-10-5-11(7-12(6-10)18(19)20)15-8-13-16-9(2)21-17-13/h5-7,14-15H,3-4,8H2,1-2H3. The van der Waals surface area contributed by atoms with Crippen molar-refractivity contribution in [1.82, 2.24) is 10.1 Å². The number of nitro groups is 1. The molecule has 1 heterocycles. The van der Waals surface area contributed by atoms with Gasteiger partial charge in [-0.05, 0) is 12.5 Å². The number of anilines is 2. The van der Waals surface area contributed by atoms with Crippen LogP contribution >= 0.6 is 0 Å². The lowest BCUT2D eigenvalue weighted by Gasteiger charge is -2.09. The van der Waals surface area contributed by atoms with Gasteiger partial charge in [0, 0.05) is 37.0 Å².